The smallest absolute Gasteiger partial charge is 0.251 e. The van der Waals surface area contributed by atoms with Crippen molar-refractivity contribution in [1.29, 1.82) is 0 Å². The van der Waals surface area contributed by atoms with Gasteiger partial charge in [0.05, 0.1) is 17.2 Å². The zero-order valence-corrected chi connectivity index (χ0v) is 13.3. The topological polar surface area (TPSA) is 50.4 Å². The van der Waals surface area contributed by atoms with Crippen LogP contribution in [0.5, 0.6) is 0 Å². The zero-order chi connectivity index (χ0) is 14.6. The Labute approximate surface area is 134 Å². The van der Waals surface area contributed by atoms with E-state index < -0.39 is 5.82 Å². The lowest BCUT2D eigenvalue weighted by Gasteiger charge is -2.28. The van der Waals surface area contributed by atoms with E-state index in [1.807, 2.05) is 0 Å². The van der Waals surface area contributed by atoms with Crippen LogP contribution in [0.4, 0.5) is 4.39 Å². The molecule has 1 aromatic carbocycles. The molecule has 1 fully saturated rings. The quantitative estimate of drug-likeness (QED) is 0.868. The van der Waals surface area contributed by atoms with Crippen molar-refractivity contribution in [3.63, 3.8) is 0 Å². The maximum atomic E-state index is 13.3. The summed E-state index contributed by atoms with van der Waals surface area (Å²) in [5.41, 5.74) is 0.0347. The van der Waals surface area contributed by atoms with Gasteiger partial charge in [0.1, 0.15) is 5.82 Å². The number of methoxy groups -OCH3 is 1. The zero-order valence-electron chi connectivity index (χ0n) is 11.7. The summed E-state index contributed by atoms with van der Waals surface area (Å²) in [7, 11) is 1.64. The van der Waals surface area contributed by atoms with Crippen LogP contribution in [-0.4, -0.2) is 38.3 Å². The van der Waals surface area contributed by atoms with Gasteiger partial charge in [-0.2, -0.15) is 0 Å². The average molecular weight is 337 g/mol. The fourth-order valence-electron chi connectivity index (χ4n) is 2.46. The number of hydrogen-bond donors (Lipinski definition) is 2. The molecule has 0 radical (unpaired) electrons. The van der Waals surface area contributed by atoms with Crippen molar-refractivity contribution in [2.24, 2.45) is 0 Å². The van der Waals surface area contributed by atoms with Crippen LogP contribution in [0, 0.1) is 5.82 Å². The molecule has 1 aliphatic rings. The summed E-state index contributed by atoms with van der Waals surface area (Å²) in [6.07, 6.45) is 1.99. The highest BCUT2D eigenvalue weighted by molar-refractivity contribution is 6.30. The lowest BCUT2D eigenvalue weighted by molar-refractivity contribution is 0.0892. The minimum absolute atomic E-state index is 0. The number of nitrogens with one attached hydrogen (secondary N) is 2. The van der Waals surface area contributed by atoms with E-state index in [4.69, 9.17) is 16.3 Å². The van der Waals surface area contributed by atoms with Gasteiger partial charge in [-0.1, -0.05) is 11.6 Å². The SMILES string of the molecule is COCC1(CNC(=O)c2ccc(Cl)c(F)c2)CCCN1.Cl. The van der Waals surface area contributed by atoms with Crippen LogP contribution in [0.25, 0.3) is 0 Å². The largest absolute Gasteiger partial charge is 0.383 e. The molecule has 1 unspecified atom stereocenters. The molecule has 0 aliphatic carbocycles. The van der Waals surface area contributed by atoms with Crippen LogP contribution >= 0.6 is 24.0 Å². The van der Waals surface area contributed by atoms with Crippen LogP contribution in [0.1, 0.15) is 23.2 Å². The molecule has 118 valence electrons. The highest BCUT2D eigenvalue weighted by Crippen LogP contribution is 2.19. The van der Waals surface area contributed by atoms with Gasteiger partial charge in [0.25, 0.3) is 5.91 Å². The third-order valence-electron chi connectivity index (χ3n) is 3.52. The molecule has 4 nitrogen and oxygen atoms in total. The van der Waals surface area contributed by atoms with E-state index >= 15 is 0 Å². The molecular weight excluding hydrogens is 318 g/mol. The number of rotatable bonds is 5. The van der Waals surface area contributed by atoms with Crippen molar-refractivity contribution in [2.45, 2.75) is 18.4 Å². The molecule has 0 bridgehead atoms. The number of halogens is 3. The van der Waals surface area contributed by atoms with Crippen LogP contribution in [0.2, 0.25) is 5.02 Å². The Hall–Kier alpha value is -0.880. The van der Waals surface area contributed by atoms with Crippen molar-refractivity contribution < 1.29 is 13.9 Å². The third kappa shape index (κ3) is 4.54. The van der Waals surface area contributed by atoms with Crippen molar-refractivity contribution in [3.8, 4) is 0 Å². The number of hydrogen-bond acceptors (Lipinski definition) is 3. The van der Waals surface area contributed by atoms with Gasteiger partial charge >= 0.3 is 0 Å². The Kier molecular flexibility index (Phi) is 6.87. The summed E-state index contributed by atoms with van der Waals surface area (Å²) in [5, 5.41) is 6.19. The summed E-state index contributed by atoms with van der Waals surface area (Å²) in [6.45, 7) is 1.89. The van der Waals surface area contributed by atoms with Gasteiger partial charge in [0, 0.05) is 19.2 Å². The molecule has 1 aromatic rings. The van der Waals surface area contributed by atoms with Gasteiger partial charge in [-0.15, -0.1) is 12.4 Å². The molecule has 1 saturated heterocycles. The van der Waals surface area contributed by atoms with Crippen LogP contribution < -0.4 is 10.6 Å². The summed E-state index contributed by atoms with van der Waals surface area (Å²) < 4.78 is 18.5. The summed E-state index contributed by atoms with van der Waals surface area (Å²) in [4.78, 5) is 12.0. The van der Waals surface area contributed by atoms with E-state index in [0.717, 1.165) is 25.5 Å². The molecule has 0 saturated carbocycles. The molecule has 1 amide bonds. The van der Waals surface area contributed by atoms with E-state index in [2.05, 4.69) is 10.6 Å². The molecular formula is C14H19Cl2FN2O2. The standard InChI is InChI=1S/C14H18ClFN2O2.ClH/c1-20-9-14(5-2-6-18-14)8-17-13(19)10-3-4-11(15)12(16)7-10;/h3-4,7,18H,2,5-6,8-9H2,1H3,(H,17,19);1H. The second kappa shape index (κ2) is 7.94. The second-order valence-electron chi connectivity index (χ2n) is 5.06. The van der Waals surface area contributed by atoms with Crippen LogP contribution in [-0.2, 0) is 4.74 Å². The highest BCUT2D eigenvalue weighted by Gasteiger charge is 2.33. The monoisotopic (exact) mass is 336 g/mol. The first-order valence-corrected chi connectivity index (χ1v) is 6.91. The van der Waals surface area contributed by atoms with E-state index in [9.17, 15) is 9.18 Å². The Morgan fingerprint density at radius 2 is 2.33 bits per heavy atom. The summed E-state index contributed by atoms with van der Waals surface area (Å²) in [6, 6.07) is 4.03. The van der Waals surface area contributed by atoms with E-state index in [1.165, 1.54) is 12.1 Å². The van der Waals surface area contributed by atoms with E-state index in [-0.39, 0.29) is 34.4 Å². The lowest BCUT2D eigenvalue weighted by Crippen LogP contribution is -2.53. The molecule has 1 heterocycles. The number of benzene rings is 1. The van der Waals surface area contributed by atoms with Gasteiger partial charge < -0.3 is 15.4 Å². The fraction of sp³-hybridized carbons (Fsp3) is 0.500. The van der Waals surface area contributed by atoms with Gasteiger partial charge in [-0.05, 0) is 37.6 Å². The van der Waals surface area contributed by atoms with Crippen molar-refractivity contribution in [3.05, 3.63) is 34.6 Å². The van der Waals surface area contributed by atoms with Gasteiger partial charge in [0.2, 0.25) is 0 Å². The molecule has 7 heteroatoms. The normalized spacial score (nSPS) is 20.9. The summed E-state index contributed by atoms with van der Waals surface area (Å²) >= 11 is 5.60. The van der Waals surface area contributed by atoms with E-state index in [1.54, 1.807) is 7.11 Å². The highest BCUT2D eigenvalue weighted by atomic mass is 35.5. The maximum absolute atomic E-state index is 13.3. The lowest BCUT2D eigenvalue weighted by atomic mass is 9.98. The van der Waals surface area contributed by atoms with Gasteiger partial charge in [-0.3, -0.25) is 4.79 Å². The van der Waals surface area contributed by atoms with E-state index in [0.29, 0.717) is 13.2 Å². The molecule has 0 spiro atoms. The Morgan fingerprint density at radius 3 is 2.90 bits per heavy atom. The second-order valence-corrected chi connectivity index (χ2v) is 5.46. The minimum Gasteiger partial charge on any atom is -0.383 e. The number of amides is 1. The Bertz CT molecular complexity index is 494. The summed E-state index contributed by atoms with van der Waals surface area (Å²) in [5.74, 6) is -0.908. The van der Waals surface area contributed by atoms with Crippen molar-refractivity contribution >= 4 is 29.9 Å². The predicted octanol–water partition coefficient (Wildman–Crippen LogP) is 2.40. The molecule has 1 atom stereocenters. The number of carbonyl (C=O) groups excluding carboxylic acids is 1. The van der Waals surface area contributed by atoms with Crippen LogP contribution in [0.15, 0.2) is 18.2 Å². The van der Waals surface area contributed by atoms with Crippen LogP contribution in [0.3, 0.4) is 0 Å². The minimum atomic E-state index is -0.593. The molecule has 0 aromatic heterocycles. The van der Waals surface area contributed by atoms with Crippen molar-refractivity contribution in [2.75, 3.05) is 26.8 Å². The Morgan fingerprint density at radius 1 is 1.57 bits per heavy atom. The Balaban J connectivity index is 0.00000220. The first kappa shape index (κ1) is 18.2. The predicted molar refractivity (Wildman–Crippen MR) is 82.8 cm³/mol. The molecule has 2 rings (SSSR count). The average Bonchev–Trinajstić information content (AvgIpc) is 2.89. The van der Waals surface area contributed by atoms with Gasteiger partial charge in [-0.25, -0.2) is 4.39 Å². The third-order valence-corrected chi connectivity index (χ3v) is 3.83. The molecule has 21 heavy (non-hydrogen) atoms. The van der Waals surface area contributed by atoms with Crippen molar-refractivity contribution in [1.82, 2.24) is 10.6 Å². The maximum Gasteiger partial charge on any atom is 0.251 e. The van der Waals surface area contributed by atoms with Gasteiger partial charge in [0.15, 0.2) is 0 Å². The fourth-order valence-corrected chi connectivity index (χ4v) is 2.58. The molecule has 1 aliphatic heterocycles. The first-order valence-electron chi connectivity index (χ1n) is 6.53. The number of ether oxygens (including phenoxy) is 1. The first-order chi connectivity index (χ1) is 9.56. The molecule has 2 N–H and O–H groups in total. The number of carbonyl (C=O) groups is 1.